The molecule has 0 amide bonds. The van der Waals surface area contributed by atoms with E-state index in [2.05, 4.69) is 6.92 Å². The number of hydrogen-bond acceptors (Lipinski definition) is 3. The normalized spacial score (nSPS) is 10.5. The van der Waals surface area contributed by atoms with Gasteiger partial charge in [-0.2, -0.15) is 0 Å². The van der Waals surface area contributed by atoms with Gasteiger partial charge >= 0.3 is 0 Å². The Morgan fingerprint density at radius 2 is 1.31 bits per heavy atom. The van der Waals surface area contributed by atoms with E-state index in [0.717, 1.165) is 29.5 Å². The van der Waals surface area contributed by atoms with E-state index in [1.807, 2.05) is 78.9 Å². The molecule has 29 heavy (non-hydrogen) atoms. The fraction of sp³-hybridized carbons (Fsp3) is 0.269. The van der Waals surface area contributed by atoms with Crippen molar-refractivity contribution >= 4 is 5.78 Å². The Kier molecular flexibility index (Phi) is 7.88. The van der Waals surface area contributed by atoms with Crippen LogP contribution in [0.5, 0.6) is 11.5 Å². The SMILES string of the molecule is CCCCC(=O)Cc1ccc(OCc2ccccc2)c(OCc2ccccc2)c1. The van der Waals surface area contributed by atoms with Crippen LogP contribution in [0.25, 0.3) is 0 Å². The van der Waals surface area contributed by atoms with Crippen LogP contribution < -0.4 is 9.47 Å². The third kappa shape index (κ3) is 6.79. The predicted octanol–water partition coefficient (Wildman–Crippen LogP) is 6.15. The van der Waals surface area contributed by atoms with E-state index in [4.69, 9.17) is 9.47 Å². The molecule has 0 fully saturated rings. The van der Waals surface area contributed by atoms with Gasteiger partial charge in [0.1, 0.15) is 19.0 Å². The maximum atomic E-state index is 12.2. The molecule has 0 aliphatic carbocycles. The van der Waals surface area contributed by atoms with Crippen LogP contribution in [0.3, 0.4) is 0 Å². The number of rotatable bonds is 11. The third-order valence-electron chi connectivity index (χ3n) is 4.69. The average Bonchev–Trinajstić information content (AvgIpc) is 2.77. The highest BCUT2D eigenvalue weighted by molar-refractivity contribution is 5.81. The first-order chi connectivity index (χ1) is 14.2. The third-order valence-corrected chi connectivity index (χ3v) is 4.69. The zero-order valence-corrected chi connectivity index (χ0v) is 17.0. The van der Waals surface area contributed by atoms with Gasteiger partial charge in [0.2, 0.25) is 0 Å². The molecule has 3 heteroatoms. The number of benzene rings is 3. The fourth-order valence-corrected chi connectivity index (χ4v) is 3.06. The monoisotopic (exact) mass is 388 g/mol. The van der Waals surface area contributed by atoms with Crippen molar-refractivity contribution in [2.75, 3.05) is 0 Å². The lowest BCUT2D eigenvalue weighted by Gasteiger charge is -2.14. The Bertz CT molecular complexity index is 888. The summed E-state index contributed by atoms with van der Waals surface area (Å²) in [6.07, 6.45) is 3.03. The number of unbranched alkanes of at least 4 members (excludes halogenated alkanes) is 1. The highest BCUT2D eigenvalue weighted by Crippen LogP contribution is 2.30. The molecule has 0 aromatic heterocycles. The second kappa shape index (κ2) is 11.1. The number of carbonyl (C=O) groups excluding carboxylic acids is 1. The van der Waals surface area contributed by atoms with Crippen LogP contribution in [0.4, 0.5) is 0 Å². The Morgan fingerprint density at radius 1 is 0.724 bits per heavy atom. The van der Waals surface area contributed by atoms with E-state index >= 15 is 0 Å². The number of ketones is 1. The van der Waals surface area contributed by atoms with Gasteiger partial charge in [-0.15, -0.1) is 0 Å². The summed E-state index contributed by atoms with van der Waals surface area (Å²) in [5.41, 5.74) is 3.15. The molecule has 0 aliphatic heterocycles. The molecule has 3 rings (SSSR count). The molecule has 0 unspecified atom stereocenters. The number of hydrogen-bond donors (Lipinski definition) is 0. The Balaban J connectivity index is 1.73. The fourth-order valence-electron chi connectivity index (χ4n) is 3.06. The second-order valence-corrected chi connectivity index (χ2v) is 7.15. The minimum atomic E-state index is 0.263. The molecule has 0 N–H and O–H groups in total. The quantitative estimate of drug-likeness (QED) is 0.395. The van der Waals surface area contributed by atoms with E-state index in [9.17, 15) is 4.79 Å². The van der Waals surface area contributed by atoms with Crippen molar-refractivity contribution in [1.29, 1.82) is 0 Å². The maximum Gasteiger partial charge on any atom is 0.161 e. The highest BCUT2D eigenvalue weighted by Gasteiger charge is 2.11. The second-order valence-electron chi connectivity index (χ2n) is 7.15. The zero-order chi connectivity index (χ0) is 20.3. The summed E-state index contributed by atoms with van der Waals surface area (Å²) in [6, 6.07) is 25.9. The van der Waals surface area contributed by atoms with Crippen LogP contribution in [0.2, 0.25) is 0 Å². The first kappa shape index (κ1) is 20.7. The van der Waals surface area contributed by atoms with Gasteiger partial charge in [-0.25, -0.2) is 0 Å². The van der Waals surface area contributed by atoms with Gasteiger partial charge in [0.25, 0.3) is 0 Å². The first-order valence-corrected chi connectivity index (χ1v) is 10.2. The van der Waals surface area contributed by atoms with Gasteiger partial charge in [0.05, 0.1) is 0 Å². The molecule has 150 valence electrons. The van der Waals surface area contributed by atoms with Crippen molar-refractivity contribution in [2.45, 2.75) is 45.8 Å². The molecule has 0 bridgehead atoms. The molecular formula is C26H28O3. The molecule has 0 saturated heterocycles. The van der Waals surface area contributed by atoms with Crippen LogP contribution in [0.15, 0.2) is 78.9 Å². The van der Waals surface area contributed by atoms with Crippen LogP contribution in [0, 0.1) is 0 Å². The molecule has 3 aromatic carbocycles. The molecule has 0 heterocycles. The molecule has 0 atom stereocenters. The predicted molar refractivity (Wildman–Crippen MR) is 116 cm³/mol. The van der Waals surface area contributed by atoms with Crippen molar-refractivity contribution in [3.05, 3.63) is 95.6 Å². The Labute approximate surface area is 173 Å². The molecule has 3 nitrogen and oxygen atoms in total. The van der Waals surface area contributed by atoms with Crippen molar-refractivity contribution in [1.82, 2.24) is 0 Å². The standard InChI is InChI=1S/C26H28O3/c1-2-3-14-24(27)17-23-15-16-25(28-19-21-10-6-4-7-11-21)26(18-23)29-20-22-12-8-5-9-13-22/h4-13,15-16,18H,2-3,14,17,19-20H2,1H3. The summed E-state index contributed by atoms with van der Waals surface area (Å²) in [4.78, 5) is 12.2. The molecular weight excluding hydrogens is 360 g/mol. The van der Waals surface area contributed by atoms with Crippen molar-refractivity contribution < 1.29 is 14.3 Å². The number of Topliss-reactive ketones (excluding diaryl/α,β-unsaturated/α-hetero) is 1. The molecule has 0 radical (unpaired) electrons. The summed E-state index contributed by atoms with van der Waals surface area (Å²) in [5, 5.41) is 0. The van der Waals surface area contributed by atoms with Gasteiger partial charge in [-0.1, -0.05) is 80.1 Å². The summed E-state index contributed by atoms with van der Waals surface area (Å²) < 4.78 is 12.1. The van der Waals surface area contributed by atoms with E-state index in [0.29, 0.717) is 37.6 Å². The van der Waals surface area contributed by atoms with Crippen molar-refractivity contribution in [3.63, 3.8) is 0 Å². The first-order valence-electron chi connectivity index (χ1n) is 10.2. The summed E-state index contributed by atoms with van der Waals surface area (Å²) in [5.74, 6) is 1.62. The summed E-state index contributed by atoms with van der Waals surface area (Å²) >= 11 is 0. The molecule has 0 saturated carbocycles. The van der Waals surface area contributed by atoms with E-state index in [1.165, 1.54) is 0 Å². The largest absolute Gasteiger partial charge is 0.485 e. The average molecular weight is 389 g/mol. The van der Waals surface area contributed by atoms with Crippen LogP contribution in [0.1, 0.15) is 42.9 Å². The summed E-state index contributed by atoms with van der Waals surface area (Å²) in [7, 11) is 0. The van der Waals surface area contributed by atoms with Crippen LogP contribution >= 0.6 is 0 Å². The Hall–Kier alpha value is -3.07. The maximum absolute atomic E-state index is 12.2. The zero-order valence-electron chi connectivity index (χ0n) is 17.0. The Morgan fingerprint density at radius 3 is 1.90 bits per heavy atom. The lowest BCUT2D eigenvalue weighted by atomic mass is 10.0. The molecule has 0 aliphatic rings. The minimum Gasteiger partial charge on any atom is -0.485 e. The topological polar surface area (TPSA) is 35.5 Å². The van der Waals surface area contributed by atoms with Crippen LogP contribution in [-0.4, -0.2) is 5.78 Å². The van der Waals surface area contributed by atoms with Gasteiger partial charge in [0, 0.05) is 12.8 Å². The molecule has 0 spiro atoms. The lowest BCUT2D eigenvalue weighted by molar-refractivity contribution is -0.118. The minimum absolute atomic E-state index is 0.263. The van der Waals surface area contributed by atoms with E-state index in [1.54, 1.807) is 0 Å². The number of ether oxygens (including phenoxy) is 2. The van der Waals surface area contributed by atoms with Gasteiger partial charge in [-0.3, -0.25) is 4.79 Å². The van der Waals surface area contributed by atoms with Gasteiger partial charge < -0.3 is 9.47 Å². The summed E-state index contributed by atoms with van der Waals surface area (Å²) in [6.45, 7) is 3.02. The van der Waals surface area contributed by atoms with E-state index < -0.39 is 0 Å². The highest BCUT2D eigenvalue weighted by atomic mass is 16.5. The lowest BCUT2D eigenvalue weighted by Crippen LogP contribution is -2.04. The van der Waals surface area contributed by atoms with Gasteiger partial charge in [-0.05, 0) is 35.2 Å². The van der Waals surface area contributed by atoms with Gasteiger partial charge in [0.15, 0.2) is 11.5 Å². The van der Waals surface area contributed by atoms with Crippen molar-refractivity contribution in [2.24, 2.45) is 0 Å². The van der Waals surface area contributed by atoms with Crippen molar-refractivity contribution in [3.8, 4) is 11.5 Å². The van der Waals surface area contributed by atoms with Crippen LogP contribution in [-0.2, 0) is 24.4 Å². The molecule has 3 aromatic rings. The van der Waals surface area contributed by atoms with E-state index in [-0.39, 0.29) is 5.78 Å². The smallest absolute Gasteiger partial charge is 0.161 e. The number of carbonyl (C=O) groups is 1.